The third-order valence-corrected chi connectivity index (χ3v) is 6.05. The summed E-state index contributed by atoms with van der Waals surface area (Å²) in [5.74, 6) is -2.89. The number of nitrogens with one attached hydrogen (secondary N) is 2. The van der Waals surface area contributed by atoms with Gasteiger partial charge in [-0.1, -0.05) is 32.4 Å². The predicted octanol–water partition coefficient (Wildman–Crippen LogP) is 2.09. The number of amides is 2. The van der Waals surface area contributed by atoms with Crippen LogP contribution in [0.2, 0.25) is 0 Å². The minimum Gasteiger partial charge on any atom is -0.508 e. The fourth-order valence-corrected chi connectivity index (χ4v) is 3.87. The van der Waals surface area contributed by atoms with Gasteiger partial charge in [0.05, 0.1) is 18.3 Å². The van der Waals surface area contributed by atoms with Gasteiger partial charge in [0.2, 0.25) is 11.8 Å². The molecule has 0 spiro atoms. The Balaban J connectivity index is 2.16. The van der Waals surface area contributed by atoms with Gasteiger partial charge >= 0.3 is 0 Å². The summed E-state index contributed by atoms with van der Waals surface area (Å²) in [5, 5.41) is 12.3. The van der Waals surface area contributed by atoms with E-state index in [1.54, 1.807) is 18.3 Å². The van der Waals surface area contributed by atoms with E-state index in [0.717, 1.165) is 5.56 Å². The molecule has 184 valence electrons. The Morgan fingerprint density at radius 2 is 1.76 bits per heavy atom. The van der Waals surface area contributed by atoms with Crippen molar-refractivity contribution in [1.29, 1.82) is 0 Å². The number of carbonyl (C=O) groups excluding carboxylic acids is 4. The summed E-state index contributed by atoms with van der Waals surface area (Å²) in [6.45, 7) is 5.19. The van der Waals surface area contributed by atoms with Gasteiger partial charge in [0.15, 0.2) is 5.78 Å². The molecule has 0 bridgehead atoms. The van der Waals surface area contributed by atoms with Crippen LogP contribution in [0.15, 0.2) is 36.8 Å². The second-order valence-corrected chi connectivity index (χ2v) is 8.90. The molecule has 2 rings (SSSR count). The van der Waals surface area contributed by atoms with Gasteiger partial charge in [0, 0.05) is 37.1 Å². The maximum atomic E-state index is 13.2. The van der Waals surface area contributed by atoms with Crippen LogP contribution in [0.3, 0.4) is 0 Å². The first-order valence-electron chi connectivity index (χ1n) is 11.5. The first kappa shape index (κ1) is 26.8. The lowest BCUT2D eigenvalue weighted by atomic mass is 9.87. The van der Waals surface area contributed by atoms with Gasteiger partial charge in [-0.15, -0.1) is 0 Å². The normalized spacial score (nSPS) is 14.6. The molecule has 0 saturated carbocycles. The van der Waals surface area contributed by atoms with E-state index < -0.39 is 29.7 Å². The largest absolute Gasteiger partial charge is 0.508 e. The Kier molecular flexibility index (Phi) is 9.97. The Labute approximate surface area is 199 Å². The highest BCUT2D eigenvalue weighted by Gasteiger charge is 2.32. The minimum atomic E-state index is -0.810. The standard InChI is InChI=1S/C25H34N4O5/c1-4-15(2)23(22(32)12-18(24(26)33)11-20-13-27-14-28-20)29-25(34)19(9-16(3)30)10-17-5-7-21(31)8-6-17/h5-8,13-15,18-19,23,31H,4,9-12H2,1-3H3,(H2,26,33)(H,27,28)(H,29,34)/t15-,18+,19-,23-/m0/s1. The highest BCUT2D eigenvalue weighted by Crippen LogP contribution is 2.20. The number of rotatable bonds is 14. The molecule has 0 aliphatic carbocycles. The average Bonchev–Trinajstić information content (AvgIpc) is 3.30. The number of aromatic hydroxyl groups is 1. The quantitative estimate of drug-likeness (QED) is 0.331. The van der Waals surface area contributed by atoms with Gasteiger partial charge in [-0.05, 0) is 37.0 Å². The molecule has 0 aliphatic heterocycles. The molecule has 9 heteroatoms. The minimum absolute atomic E-state index is 0.0257. The summed E-state index contributed by atoms with van der Waals surface area (Å²) in [6, 6.07) is 5.62. The number of imidazole rings is 1. The summed E-state index contributed by atoms with van der Waals surface area (Å²) < 4.78 is 0. The molecule has 2 aromatic rings. The molecule has 9 nitrogen and oxygen atoms in total. The number of nitrogens with zero attached hydrogens (tertiary/aromatic N) is 1. The lowest BCUT2D eigenvalue weighted by Crippen LogP contribution is -2.48. The number of aromatic amines is 1. The number of phenolic OH excluding ortho intramolecular Hbond substituents is 1. The van der Waals surface area contributed by atoms with Crippen LogP contribution >= 0.6 is 0 Å². The van der Waals surface area contributed by atoms with Crippen molar-refractivity contribution in [3.05, 3.63) is 48.0 Å². The smallest absolute Gasteiger partial charge is 0.224 e. The van der Waals surface area contributed by atoms with Crippen LogP contribution < -0.4 is 11.1 Å². The molecule has 0 radical (unpaired) electrons. The maximum absolute atomic E-state index is 13.2. The van der Waals surface area contributed by atoms with Crippen LogP contribution in [-0.2, 0) is 32.0 Å². The molecule has 4 atom stereocenters. The van der Waals surface area contributed by atoms with Crippen molar-refractivity contribution in [2.45, 2.75) is 58.9 Å². The molecule has 0 aliphatic rings. The monoisotopic (exact) mass is 470 g/mol. The highest BCUT2D eigenvalue weighted by atomic mass is 16.3. The molecule has 0 saturated heterocycles. The van der Waals surface area contributed by atoms with Crippen molar-refractivity contribution in [2.24, 2.45) is 23.5 Å². The lowest BCUT2D eigenvalue weighted by Gasteiger charge is -2.27. The van der Waals surface area contributed by atoms with Crippen molar-refractivity contribution in [2.75, 3.05) is 0 Å². The zero-order valence-corrected chi connectivity index (χ0v) is 19.9. The molecule has 2 amide bonds. The van der Waals surface area contributed by atoms with Gasteiger partial charge < -0.3 is 25.9 Å². The number of carbonyl (C=O) groups is 4. The Bertz CT molecular complexity index is 972. The Hall–Kier alpha value is -3.49. The van der Waals surface area contributed by atoms with Gasteiger partial charge in [-0.3, -0.25) is 14.4 Å². The zero-order chi connectivity index (χ0) is 25.3. The van der Waals surface area contributed by atoms with E-state index in [2.05, 4.69) is 15.3 Å². The van der Waals surface area contributed by atoms with Crippen LogP contribution in [0.25, 0.3) is 0 Å². The van der Waals surface area contributed by atoms with Crippen molar-refractivity contribution in [3.8, 4) is 5.75 Å². The molecule has 1 aromatic heterocycles. The van der Waals surface area contributed by atoms with E-state index in [-0.39, 0.29) is 48.9 Å². The number of hydrogen-bond donors (Lipinski definition) is 4. The maximum Gasteiger partial charge on any atom is 0.224 e. The van der Waals surface area contributed by atoms with Crippen LogP contribution in [0, 0.1) is 17.8 Å². The first-order chi connectivity index (χ1) is 16.1. The van der Waals surface area contributed by atoms with Gasteiger partial charge in [-0.25, -0.2) is 4.98 Å². The predicted molar refractivity (Wildman–Crippen MR) is 127 cm³/mol. The van der Waals surface area contributed by atoms with Crippen LogP contribution in [0.5, 0.6) is 5.75 Å². The highest BCUT2D eigenvalue weighted by molar-refractivity contribution is 5.94. The van der Waals surface area contributed by atoms with Crippen LogP contribution in [-0.4, -0.2) is 44.5 Å². The van der Waals surface area contributed by atoms with Crippen molar-refractivity contribution in [3.63, 3.8) is 0 Å². The van der Waals surface area contributed by atoms with E-state index in [9.17, 15) is 24.3 Å². The van der Waals surface area contributed by atoms with Crippen molar-refractivity contribution >= 4 is 23.4 Å². The molecule has 5 N–H and O–H groups in total. The number of Topliss-reactive ketones (excluding diaryl/α,β-unsaturated/α-hetero) is 2. The molecule has 0 fully saturated rings. The van der Waals surface area contributed by atoms with Gasteiger partial charge in [0.25, 0.3) is 0 Å². The topological polar surface area (TPSA) is 155 Å². The summed E-state index contributed by atoms with van der Waals surface area (Å²) in [6.07, 6.45) is 4.14. The number of benzene rings is 1. The summed E-state index contributed by atoms with van der Waals surface area (Å²) >= 11 is 0. The van der Waals surface area contributed by atoms with E-state index in [0.29, 0.717) is 12.1 Å². The number of hydrogen-bond acceptors (Lipinski definition) is 6. The number of ketones is 2. The summed E-state index contributed by atoms with van der Waals surface area (Å²) in [7, 11) is 0. The van der Waals surface area contributed by atoms with Crippen molar-refractivity contribution in [1.82, 2.24) is 15.3 Å². The number of aromatic nitrogens is 2. The second-order valence-electron chi connectivity index (χ2n) is 8.90. The molecule has 34 heavy (non-hydrogen) atoms. The number of phenols is 1. The molecular formula is C25H34N4O5. The van der Waals surface area contributed by atoms with E-state index >= 15 is 0 Å². The third kappa shape index (κ3) is 8.13. The SMILES string of the molecule is CC[C@H](C)[C@H](NC(=O)[C@@H](CC(C)=O)Cc1ccc(O)cc1)C(=O)C[C@@H](Cc1cnc[nH]1)C(N)=O. The van der Waals surface area contributed by atoms with Gasteiger partial charge in [-0.2, -0.15) is 0 Å². The van der Waals surface area contributed by atoms with Crippen LogP contribution in [0.1, 0.15) is 51.3 Å². The Morgan fingerprint density at radius 3 is 2.29 bits per heavy atom. The van der Waals surface area contributed by atoms with Gasteiger partial charge in [0.1, 0.15) is 11.5 Å². The third-order valence-electron chi connectivity index (χ3n) is 6.05. The molecule has 1 aromatic carbocycles. The van der Waals surface area contributed by atoms with E-state index in [4.69, 9.17) is 5.73 Å². The molecule has 0 unspecified atom stereocenters. The average molecular weight is 471 g/mol. The van der Waals surface area contributed by atoms with Crippen molar-refractivity contribution < 1.29 is 24.3 Å². The molecular weight excluding hydrogens is 436 g/mol. The number of nitrogens with two attached hydrogens (primary N) is 1. The number of H-pyrrole nitrogens is 1. The summed E-state index contributed by atoms with van der Waals surface area (Å²) in [5.41, 5.74) is 7.02. The Morgan fingerprint density at radius 1 is 1.09 bits per heavy atom. The molecule has 1 heterocycles. The number of primary amides is 1. The fourth-order valence-electron chi connectivity index (χ4n) is 3.87. The van der Waals surface area contributed by atoms with E-state index in [1.165, 1.54) is 25.4 Å². The first-order valence-corrected chi connectivity index (χ1v) is 11.5. The van der Waals surface area contributed by atoms with E-state index in [1.807, 2.05) is 13.8 Å². The fraction of sp³-hybridized carbons (Fsp3) is 0.480. The zero-order valence-electron chi connectivity index (χ0n) is 19.9. The second kappa shape index (κ2) is 12.7. The summed E-state index contributed by atoms with van der Waals surface area (Å²) in [4.78, 5) is 57.1. The lowest BCUT2D eigenvalue weighted by molar-refractivity contribution is -0.134. The van der Waals surface area contributed by atoms with Crippen LogP contribution in [0.4, 0.5) is 0 Å².